The quantitative estimate of drug-likeness (QED) is 0.787. The van der Waals surface area contributed by atoms with Crippen LogP contribution in [-0.4, -0.2) is 26.8 Å². The van der Waals surface area contributed by atoms with Gasteiger partial charge in [-0.3, -0.25) is 4.68 Å². The first kappa shape index (κ1) is 18.1. The highest BCUT2D eigenvalue weighted by atomic mass is 19.4. The molecule has 1 aromatic heterocycles. The van der Waals surface area contributed by atoms with Crippen LogP contribution in [0.15, 0.2) is 0 Å². The second kappa shape index (κ2) is 5.67. The molecule has 2 fully saturated rings. The molecule has 1 aromatic rings. The van der Waals surface area contributed by atoms with Gasteiger partial charge in [0.1, 0.15) is 5.56 Å². The summed E-state index contributed by atoms with van der Waals surface area (Å²) < 4.78 is 67.8. The van der Waals surface area contributed by atoms with Crippen LogP contribution < -0.4 is 0 Å². The van der Waals surface area contributed by atoms with Gasteiger partial charge in [-0.05, 0) is 18.3 Å². The maximum Gasteiger partial charge on any atom is 0.420 e. The Morgan fingerprint density at radius 3 is 2.28 bits per heavy atom. The third-order valence-electron chi connectivity index (χ3n) is 5.11. The first-order valence-electron chi connectivity index (χ1n) is 8.21. The zero-order valence-corrected chi connectivity index (χ0v) is 13.7. The van der Waals surface area contributed by atoms with E-state index in [1.807, 2.05) is 0 Å². The number of hydrogen-bond donors (Lipinski definition) is 1. The number of aromatic carboxylic acids is 1. The van der Waals surface area contributed by atoms with E-state index in [0.717, 1.165) is 17.5 Å². The number of carboxylic acid groups (broad SMARTS) is 1. The molecule has 0 amide bonds. The summed E-state index contributed by atoms with van der Waals surface area (Å²) in [6, 6.07) is 0. The Morgan fingerprint density at radius 2 is 1.84 bits per heavy atom. The Labute approximate surface area is 141 Å². The van der Waals surface area contributed by atoms with Crippen molar-refractivity contribution in [3.63, 3.8) is 0 Å². The van der Waals surface area contributed by atoms with E-state index in [2.05, 4.69) is 5.10 Å². The monoisotopic (exact) mass is 366 g/mol. The van der Waals surface area contributed by atoms with E-state index in [9.17, 15) is 31.9 Å². The SMILES string of the molecule is CC1(Cn2nc(C3CCCC3)c(C(F)(F)F)c2C(=O)O)CC(F)(F)C1. The number of halogens is 5. The topological polar surface area (TPSA) is 55.1 Å². The average molecular weight is 366 g/mol. The molecule has 2 saturated carbocycles. The first-order valence-corrected chi connectivity index (χ1v) is 8.21. The van der Waals surface area contributed by atoms with Crippen molar-refractivity contribution < 1.29 is 31.9 Å². The Balaban J connectivity index is 2.04. The van der Waals surface area contributed by atoms with Crippen molar-refractivity contribution in [1.82, 2.24) is 9.78 Å². The van der Waals surface area contributed by atoms with Crippen LogP contribution in [0.3, 0.4) is 0 Å². The fraction of sp³-hybridized carbons (Fsp3) is 0.750. The van der Waals surface area contributed by atoms with Crippen molar-refractivity contribution in [1.29, 1.82) is 0 Å². The molecule has 0 unspecified atom stereocenters. The minimum absolute atomic E-state index is 0.253. The van der Waals surface area contributed by atoms with Crippen LogP contribution in [0, 0.1) is 5.41 Å². The summed E-state index contributed by atoms with van der Waals surface area (Å²) in [6.07, 6.45) is -3.25. The molecule has 0 aliphatic heterocycles. The Morgan fingerprint density at radius 1 is 1.28 bits per heavy atom. The second-order valence-corrected chi connectivity index (χ2v) is 7.57. The van der Waals surface area contributed by atoms with Gasteiger partial charge in [0.05, 0.1) is 5.69 Å². The summed E-state index contributed by atoms with van der Waals surface area (Å²) in [5, 5.41) is 13.3. The number of carboxylic acids is 1. The minimum atomic E-state index is -4.85. The van der Waals surface area contributed by atoms with Crippen molar-refractivity contribution >= 4 is 5.97 Å². The van der Waals surface area contributed by atoms with Crippen LogP contribution in [0.5, 0.6) is 0 Å². The molecule has 1 heterocycles. The lowest BCUT2D eigenvalue weighted by atomic mass is 9.67. The number of aromatic nitrogens is 2. The normalized spacial score (nSPS) is 22.8. The molecule has 4 nitrogen and oxygen atoms in total. The Hall–Kier alpha value is -1.67. The molecule has 1 N–H and O–H groups in total. The van der Waals surface area contributed by atoms with E-state index in [1.54, 1.807) is 0 Å². The fourth-order valence-electron chi connectivity index (χ4n) is 4.25. The molecule has 25 heavy (non-hydrogen) atoms. The summed E-state index contributed by atoms with van der Waals surface area (Å²) >= 11 is 0. The van der Waals surface area contributed by atoms with Crippen LogP contribution in [0.1, 0.15) is 73.1 Å². The van der Waals surface area contributed by atoms with Crippen molar-refractivity contribution in [2.75, 3.05) is 0 Å². The molecule has 9 heteroatoms. The van der Waals surface area contributed by atoms with Crippen molar-refractivity contribution in [3.05, 3.63) is 17.0 Å². The predicted molar refractivity (Wildman–Crippen MR) is 77.7 cm³/mol. The molecule has 0 saturated heterocycles. The van der Waals surface area contributed by atoms with Crippen molar-refractivity contribution in [2.24, 2.45) is 5.41 Å². The lowest BCUT2D eigenvalue weighted by Crippen LogP contribution is -2.47. The third-order valence-corrected chi connectivity index (χ3v) is 5.11. The van der Waals surface area contributed by atoms with Crippen molar-refractivity contribution in [2.45, 2.75) is 70.0 Å². The van der Waals surface area contributed by atoms with Gasteiger partial charge < -0.3 is 5.11 Å². The highest BCUT2D eigenvalue weighted by Gasteiger charge is 2.54. The zero-order chi connectivity index (χ0) is 18.6. The summed E-state index contributed by atoms with van der Waals surface area (Å²) in [7, 11) is 0. The van der Waals surface area contributed by atoms with Crippen LogP contribution in [0.4, 0.5) is 22.0 Å². The Kier molecular flexibility index (Phi) is 4.11. The zero-order valence-electron chi connectivity index (χ0n) is 13.7. The number of carbonyl (C=O) groups is 1. The standard InChI is InChI=1S/C16H19F5N2O2/c1-14(6-15(17,18)7-14)8-23-12(13(24)25)10(16(19,20)21)11(22-23)9-4-2-3-5-9/h9H,2-8H2,1H3,(H,24,25). The highest BCUT2D eigenvalue weighted by Crippen LogP contribution is 2.53. The minimum Gasteiger partial charge on any atom is -0.477 e. The average Bonchev–Trinajstić information content (AvgIpc) is 3.00. The second-order valence-electron chi connectivity index (χ2n) is 7.57. The molecular formula is C16H19F5N2O2. The fourth-order valence-corrected chi connectivity index (χ4v) is 4.25. The van der Waals surface area contributed by atoms with Crippen LogP contribution in [0.2, 0.25) is 0 Å². The maximum atomic E-state index is 13.6. The van der Waals surface area contributed by atoms with Crippen LogP contribution in [0.25, 0.3) is 0 Å². The molecule has 0 aromatic carbocycles. The van der Waals surface area contributed by atoms with Crippen LogP contribution >= 0.6 is 0 Å². The molecule has 2 aliphatic rings. The number of nitrogens with zero attached hydrogens (tertiary/aromatic N) is 2. The molecule has 0 atom stereocenters. The van der Waals surface area contributed by atoms with Gasteiger partial charge in [-0.15, -0.1) is 0 Å². The highest BCUT2D eigenvalue weighted by molar-refractivity contribution is 5.88. The summed E-state index contributed by atoms with van der Waals surface area (Å²) in [5.41, 5.74) is -3.38. The largest absolute Gasteiger partial charge is 0.477 e. The number of alkyl halides is 5. The van der Waals surface area contributed by atoms with E-state index >= 15 is 0 Å². The number of hydrogen-bond acceptors (Lipinski definition) is 2. The van der Waals surface area contributed by atoms with Gasteiger partial charge in [0, 0.05) is 25.3 Å². The molecule has 140 valence electrons. The van der Waals surface area contributed by atoms with E-state index in [0.29, 0.717) is 12.8 Å². The Bertz CT molecular complexity index is 681. The number of rotatable bonds is 4. The van der Waals surface area contributed by atoms with Crippen molar-refractivity contribution in [3.8, 4) is 0 Å². The van der Waals surface area contributed by atoms with E-state index in [-0.39, 0.29) is 12.2 Å². The maximum absolute atomic E-state index is 13.6. The van der Waals surface area contributed by atoms with Gasteiger partial charge in [0.15, 0.2) is 5.69 Å². The third kappa shape index (κ3) is 3.37. The van der Waals surface area contributed by atoms with Crippen LogP contribution in [-0.2, 0) is 12.7 Å². The molecule has 0 spiro atoms. The summed E-state index contributed by atoms with van der Waals surface area (Å²) in [5.74, 6) is -5.03. The van der Waals surface area contributed by atoms with Gasteiger partial charge in [0.25, 0.3) is 0 Å². The van der Waals surface area contributed by atoms with E-state index < -0.39 is 53.5 Å². The van der Waals surface area contributed by atoms with Gasteiger partial charge in [-0.2, -0.15) is 18.3 Å². The lowest BCUT2D eigenvalue weighted by Gasteiger charge is -2.44. The van der Waals surface area contributed by atoms with E-state index in [1.165, 1.54) is 6.92 Å². The molecule has 3 rings (SSSR count). The van der Waals surface area contributed by atoms with Gasteiger partial charge in [-0.1, -0.05) is 19.8 Å². The van der Waals surface area contributed by atoms with Gasteiger partial charge in [-0.25, -0.2) is 13.6 Å². The molecule has 0 bridgehead atoms. The summed E-state index contributed by atoms with van der Waals surface area (Å²) in [6.45, 7) is 1.25. The molecule has 0 radical (unpaired) electrons. The predicted octanol–water partition coefficient (Wildman–Crippen LogP) is 4.69. The van der Waals surface area contributed by atoms with Gasteiger partial charge >= 0.3 is 12.1 Å². The van der Waals surface area contributed by atoms with E-state index in [4.69, 9.17) is 0 Å². The first-order chi connectivity index (χ1) is 11.4. The molecular weight excluding hydrogens is 347 g/mol. The summed E-state index contributed by atoms with van der Waals surface area (Å²) in [4.78, 5) is 11.5. The van der Waals surface area contributed by atoms with Gasteiger partial charge in [0.2, 0.25) is 5.92 Å². The lowest BCUT2D eigenvalue weighted by molar-refractivity contribution is -0.160. The smallest absolute Gasteiger partial charge is 0.420 e. The molecule has 2 aliphatic carbocycles.